The fourth-order valence-corrected chi connectivity index (χ4v) is 10.8. The highest BCUT2D eigenvalue weighted by Gasteiger charge is 2.49. The summed E-state index contributed by atoms with van der Waals surface area (Å²) in [5, 5.41) is 0. The zero-order valence-electron chi connectivity index (χ0n) is 30.2. The third-order valence-electron chi connectivity index (χ3n) is 13.6. The SMILES string of the molecule is COC1CC(CC2C3CC4OCOC4CC3CCN2C)C(OC2CC(CC3c4cc5c(cc4C=CN3C)OCO5)CCC2OC)CC1OC. The lowest BCUT2D eigenvalue weighted by Crippen LogP contribution is -2.55. The quantitative estimate of drug-likeness (QED) is 0.327. The summed E-state index contributed by atoms with van der Waals surface area (Å²) in [5.41, 5.74) is 2.55. The van der Waals surface area contributed by atoms with Crippen LogP contribution >= 0.6 is 0 Å². The Bertz CT molecular complexity index is 1330. The van der Waals surface area contributed by atoms with Crippen LogP contribution in [0.4, 0.5) is 0 Å². The van der Waals surface area contributed by atoms with Crippen LogP contribution in [-0.4, -0.2) is 114 Å². The molecule has 3 aliphatic carbocycles. The van der Waals surface area contributed by atoms with E-state index in [1.807, 2.05) is 21.3 Å². The first-order valence-electron chi connectivity index (χ1n) is 18.9. The molecule has 3 saturated carbocycles. The molecule has 272 valence electrons. The molecule has 10 nitrogen and oxygen atoms in total. The van der Waals surface area contributed by atoms with Gasteiger partial charge in [0.05, 0.1) is 48.8 Å². The van der Waals surface area contributed by atoms with Crippen LogP contribution < -0.4 is 9.47 Å². The van der Waals surface area contributed by atoms with Crippen molar-refractivity contribution in [1.29, 1.82) is 0 Å². The average molecular weight is 683 g/mol. The lowest BCUT2D eigenvalue weighted by molar-refractivity contribution is -0.178. The Morgan fingerprint density at radius 3 is 2.29 bits per heavy atom. The van der Waals surface area contributed by atoms with Crippen LogP contribution in [0.5, 0.6) is 11.5 Å². The van der Waals surface area contributed by atoms with Crippen molar-refractivity contribution in [3.8, 4) is 11.5 Å². The largest absolute Gasteiger partial charge is 0.454 e. The predicted octanol–water partition coefficient (Wildman–Crippen LogP) is 5.63. The summed E-state index contributed by atoms with van der Waals surface area (Å²) in [5.74, 6) is 3.92. The summed E-state index contributed by atoms with van der Waals surface area (Å²) in [7, 11) is 10.0. The second-order valence-electron chi connectivity index (χ2n) is 16.0. The highest BCUT2D eigenvalue weighted by molar-refractivity contribution is 5.63. The smallest absolute Gasteiger partial charge is 0.231 e. The van der Waals surface area contributed by atoms with Gasteiger partial charge in [-0.15, -0.1) is 0 Å². The van der Waals surface area contributed by atoms with Gasteiger partial charge in [0.1, 0.15) is 6.79 Å². The number of likely N-dealkylation sites (tertiary alicyclic amines) is 1. The summed E-state index contributed by atoms with van der Waals surface area (Å²) in [6.07, 6.45) is 15.9. The molecule has 0 spiro atoms. The number of piperidine rings is 1. The average Bonchev–Trinajstić information content (AvgIpc) is 3.78. The normalized spacial score (nSPS) is 41.7. The first-order chi connectivity index (χ1) is 23.9. The summed E-state index contributed by atoms with van der Waals surface area (Å²) >= 11 is 0. The highest BCUT2D eigenvalue weighted by Crippen LogP contribution is 2.48. The molecule has 4 aliphatic heterocycles. The number of benzene rings is 1. The van der Waals surface area contributed by atoms with E-state index in [2.05, 4.69) is 48.3 Å². The Morgan fingerprint density at radius 2 is 1.49 bits per heavy atom. The Kier molecular flexibility index (Phi) is 10.2. The van der Waals surface area contributed by atoms with E-state index in [9.17, 15) is 0 Å². The van der Waals surface area contributed by atoms with E-state index in [0.717, 1.165) is 75.8 Å². The maximum atomic E-state index is 7.34. The number of fused-ring (bicyclic) bond motifs is 4. The number of nitrogens with zero attached hydrogens (tertiary/aromatic N) is 2. The fourth-order valence-electron chi connectivity index (χ4n) is 10.8. The molecule has 49 heavy (non-hydrogen) atoms. The molecule has 8 rings (SSSR count). The van der Waals surface area contributed by atoms with Crippen molar-refractivity contribution in [3.05, 3.63) is 29.5 Å². The third-order valence-corrected chi connectivity index (χ3v) is 13.6. The molecule has 5 fully saturated rings. The molecule has 1 aromatic rings. The number of ether oxygens (including phenoxy) is 8. The minimum absolute atomic E-state index is 0.0232. The van der Waals surface area contributed by atoms with E-state index in [4.69, 9.17) is 37.9 Å². The van der Waals surface area contributed by atoms with Gasteiger partial charge < -0.3 is 47.7 Å². The van der Waals surface area contributed by atoms with Gasteiger partial charge in [0.25, 0.3) is 0 Å². The molecule has 0 N–H and O–H groups in total. The molecule has 7 aliphatic rings. The predicted molar refractivity (Wildman–Crippen MR) is 184 cm³/mol. The molecule has 2 saturated heterocycles. The van der Waals surface area contributed by atoms with Gasteiger partial charge in [-0.1, -0.05) is 0 Å². The van der Waals surface area contributed by atoms with Crippen molar-refractivity contribution < 1.29 is 37.9 Å². The minimum atomic E-state index is 0.0232. The number of hydrogen-bond acceptors (Lipinski definition) is 10. The number of rotatable bonds is 9. The summed E-state index contributed by atoms with van der Waals surface area (Å²) in [6, 6.07) is 5.11. The van der Waals surface area contributed by atoms with Gasteiger partial charge in [0.2, 0.25) is 6.79 Å². The van der Waals surface area contributed by atoms with E-state index in [0.29, 0.717) is 43.3 Å². The molecule has 0 radical (unpaired) electrons. The van der Waals surface area contributed by atoms with Crippen LogP contribution in [0.3, 0.4) is 0 Å². The van der Waals surface area contributed by atoms with Gasteiger partial charge >= 0.3 is 0 Å². The van der Waals surface area contributed by atoms with Crippen molar-refractivity contribution >= 4 is 6.08 Å². The summed E-state index contributed by atoms with van der Waals surface area (Å²) in [6.45, 7) is 1.89. The van der Waals surface area contributed by atoms with Gasteiger partial charge in [-0.05, 0) is 131 Å². The van der Waals surface area contributed by atoms with Gasteiger partial charge in [-0.3, -0.25) is 0 Å². The van der Waals surface area contributed by atoms with Crippen LogP contribution in [-0.2, 0) is 28.4 Å². The number of methoxy groups -OCH3 is 3. The molecule has 0 bridgehead atoms. The molecule has 4 heterocycles. The third kappa shape index (κ3) is 6.76. The maximum Gasteiger partial charge on any atom is 0.231 e. The first kappa shape index (κ1) is 34.2. The van der Waals surface area contributed by atoms with Gasteiger partial charge in [0, 0.05) is 40.8 Å². The molecule has 13 atom stereocenters. The van der Waals surface area contributed by atoms with Crippen LogP contribution in [0.15, 0.2) is 18.3 Å². The standard InChI is InChI=1S/C39H58N2O8/c1-40-10-8-24-15-35-37(47-21-45-35)18-27(24)29(40)12-23-6-7-31(42-3)39(13-23)49-32-20-34(44-5)33(43-4)17-26(32)14-30-28-19-38-36(46-22-48-38)16-25(28)9-11-41(30)2/h8,10,15,18,23,25-26,28-34,36,38-39H,6-7,9,11-14,16-17,19-22H2,1-5H3. The summed E-state index contributed by atoms with van der Waals surface area (Å²) in [4.78, 5) is 4.99. The Balaban J connectivity index is 0.993. The first-order valence-corrected chi connectivity index (χ1v) is 18.9. The fraction of sp³-hybridized carbons (Fsp3) is 0.795. The van der Waals surface area contributed by atoms with Crippen molar-refractivity contribution in [2.45, 2.75) is 119 Å². The lowest BCUT2D eigenvalue weighted by atomic mass is 9.66. The van der Waals surface area contributed by atoms with E-state index in [-0.39, 0.29) is 48.8 Å². The minimum Gasteiger partial charge on any atom is -0.454 e. The van der Waals surface area contributed by atoms with Crippen LogP contribution in [0, 0.1) is 23.7 Å². The zero-order valence-corrected chi connectivity index (χ0v) is 30.2. The van der Waals surface area contributed by atoms with Crippen molar-refractivity contribution in [2.75, 3.05) is 55.6 Å². The zero-order chi connectivity index (χ0) is 33.6. The van der Waals surface area contributed by atoms with Gasteiger partial charge in [0.15, 0.2) is 11.5 Å². The molecular weight excluding hydrogens is 624 g/mol. The molecule has 13 unspecified atom stereocenters. The molecule has 1 aromatic carbocycles. The lowest BCUT2D eigenvalue weighted by Gasteiger charge is -2.51. The van der Waals surface area contributed by atoms with Crippen molar-refractivity contribution in [3.63, 3.8) is 0 Å². The topological polar surface area (TPSA) is 80.3 Å². The maximum absolute atomic E-state index is 7.34. The second kappa shape index (κ2) is 14.6. The van der Waals surface area contributed by atoms with Crippen molar-refractivity contribution in [2.24, 2.45) is 23.7 Å². The summed E-state index contributed by atoms with van der Waals surface area (Å²) < 4.78 is 49.1. The van der Waals surface area contributed by atoms with E-state index in [1.165, 1.54) is 17.5 Å². The molecular formula is C39H58N2O8. The number of hydrogen-bond donors (Lipinski definition) is 0. The highest BCUT2D eigenvalue weighted by atomic mass is 16.7. The van der Waals surface area contributed by atoms with E-state index < -0.39 is 0 Å². The Morgan fingerprint density at radius 1 is 0.735 bits per heavy atom. The molecule has 0 aromatic heterocycles. The van der Waals surface area contributed by atoms with Crippen LogP contribution in [0.25, 0.3) is 6.08 Å². The Hall–Kier alpha value is -1.92. The van der Waals surface area contributed by atoms with E-state index >= 15 is 0 Å². The second-order valence-corrected chi connectivity index (χ2v) is 16.0. The van der Waals surface area contributed by atoms with Crippen LogP contribution in [0.1, 0.15) is 81.4 Å². The van der Waals surface area contributed by atoms with Gasteiger partial charge in [-0.25, -0.2) is 0 Å². The molecule has 10 heteroatoms. The Labute approximate surface area is 292 Å². The van der Waals surface area contributed by atoms with Crippen molar-refractivity contribution in [1.82, 2.24) is 9.80 Å². The molecule has 0 amide bonds. The van der Waals surface area contributed by atoms with Crippen LogP contribution in [0.2, 0.25) is 0 Å². The van der Waals surface area contributed by atoms with E-state index in [1.54, 1.807) is 0 Å². The van der Waals surface area contributed by atoms with Gasteiger partial charge in [-0.2, -0.15) is 0 Å². The monoisotopic (exact) mass is 682 g/mol.